The Balaban J connectivity index is 2.14. The summed E-state index contributed by atoms with van der Waals surface area (Å²) in [5, 5.41) is 6.53. The monoisotopic (exact) mass is 140 g/mol. The van der Waals surface area contributed by atoms with E-state index in [0.717, 1.165) is 37.7 Å². The lowest BCUT2D eigenvalue weighted by molar-refractivity contribution is 0.168. The van der Waals surface area contributed by atoms with E-state index in [2.05, 4.69) is 10.6 Å². The number of ether oxygens (including phenoxy) is 1. The zero-order valence-electron chi connectivity index (χ0n) is 5.94. The average Bonchev–Trinajstić information content (AvgIpc) is 2.05. The molecule has 0 fully saturated rings. The molecule has 0 atom stereocenters. The van der Waals surface area contributed by atoms with E-state index in [1.807, 2.05) is 0 Å². The van der Waals surface area contributed by atoms with Crippen LogP contribution < -0.4 is 10.6 Å². The van der Waals surface area contributed by atoms with Gasteiger partial charge in [-0.1, -0.05) is 0 Å². The fourth-order valence-corrected chi connectivity index (χ4v) is 1.34. The first kappa shape index (κ1) is 5.89. The van der Waals surface area contributed by atoms with Crippen molar-refractivity contribution in [3.63, 3.8) is 0 Å². The molecular formula is C7H12N2O. The number of rotatable bonds is 0. The van der Waals surface area contributed by atoms with Crippen LogP contribution in [0.25, 0.3) is 0 Å². The molecule has 3 heteroatoms. The molecule has 0 unspecified atom stereocenters. The Kier molecular flexibility index (Phi) is 1.42. The molecular weight excluding hydrogens is 128 g/mol. The van der Waals surface area contributed by atoms with E-state index in [-0.39, 0.29) is 0 Å². The number of nitrogens with one attached hydrogen (secondary N) is 2. The standard InChI is InChI=1S/C7H12N2O/c1-2-6-7(8-3-1)9-4-5-10-6/h8-9H,1-5H2. The number of hydrogen-bond donors (Lipinski definition) is 2. The lowest BCUT2D eigenvalue weighted by Gasteiger charge is -2.27. The Morgan fingerprint density at radius 1 is 1.20 bits per heavy atom. The molecule has 0 aromatic rings. The maximum Gasteiger partial charge on any atom is 0.138 e. The highest BCUT2D eigenvalue weighted by atomic mass is 16.5. The van der Waals surface area contributed by atoms with E-state index in [0.29, 0.717) is 0 Å². The second kappa shape index (κ2) is 2.40. The summed E-state index contributed by atoms with van der Waals surface area (Å²) in [6.07, 6.45) is 2.29. The molecule has 0 aromatic carbocycles. The van der Waals surface area contributed by atoms with Gasteiger partial charge in [0, 0.05) is 13.0 Å². The average molecular weight is 140 g/mol. The van der Waals surface area contributed by atoms with Gasteiger partial charge in [0.25, 0.3) is 0 Å². The molecule has 0 aromatic heterocycles. The first-order valence-electron chi connectivity index (χ1n) is 3.80. The van der Waals surface area contributed by atoms with Crippen molar-refractivity contribution in [2.24, 2.45) is 0 Å². The SMILES string of the molecule is C1CNC2=C(C1)OCCN2. The Hall–Kier alpha value is -0.860. The zero-order valence-corrected chi connectivity index (χ0v) is 5.94. The van der Waals surface area contributed by atoms with Crippen LogP contribution in [0.4, 0.5) is 0 Å². The van der Waals surface area contributed by atoms with Gasteiger partial charge in [-0.3, -0.25) is 0 Å². The largest absolute Gasteiger partial charge is 0.492 e. The Morgan fingerprint density at radius 3 is 3.00 bits per heavy atom. The Morgan fingerprint density at radius 2 is 2.10 bits per heavy atom. The third kappa shape index (κ3) is 0.916. The normalized spacial score (nSPS) is 24.0. The van der Waals surface area contributed by atoms with Crippen molar-refractivity contribution in [2.45, 2.75) is 12.8 Å². The first-order valence-corrected chi connectivity index (χ1v) is 3.80. The summed E-state index contributed by atoms with van der Waals surface area (Å²) in [7, 11) is 0. The minimum absolute atomic E-state index is 0.820. The molecule has 0 spiro atoms. The van der Waals surface area contributed by atoms with Gasteiger partial charge in [-0.2, -0.15) is 0 Å². The van der Waals surface area contributed by atoms with E-state index in [9.17, 15) is 0 Å². The van der Waals surface area contributed by atoms with E-state index < -0.39 is 0 Å². The zero-order chi connectivity index (χ0) is 6.81. The summed E-state index contributed by atoms with van der Waals surface area (Å²) >= 11 is 0. The molecule has 0 saturated carbocycles. The van der Waals surface area contributed by atoms with Crippen LogP contribution in [0.1, 0.15) is 12.8 Å². The highest BCUT2D eigenvalue weighted by Crippen LogP contribution is 2.15. The van der Waals surface area contributed by atoms with Crippen LogP contribution in [-0.2, 0) is 4.74 Å². The summed E-state index contributed by atoms with van der Waals surface area (Å²) in [5.74, 6) is 2.25. The van der Waals surface area contributed by atoms with E-state index in [1.54, 1.807) is 0 Å². The third-order valence-electron chi connectivity index (χ3n) is 1.84. The Labute approximate surface area is 60.4 Å². The van der Waals surface area contributed by atoms with Crippen molar-refractivity contribution in [3.05, 3.63) is 11.6 Å². The summed E-state index contributed by atoms with van der Waals surface area (Å²) in [6.45, 7) is 2.83. The second-order valence-corrected chi connectivity index (χ2v) is 2.60. The van der Waals surface area contributed by atoms with E-state index in [4.69, 9.17) is 4.74 Å². The molecule has 2 heterocycles. The molecule has 2 aliphatic rings. The van der Waals surface area contributed by atoms with Crippen molar-refractivity contribution < 1.29 is 4.74 Å². The second-order valence-electron chi connectivity index (χ2n) is 2.60. The number of hydrogen-bond acceptors (Lipinski definition) is 3. The summed E-state index contributed by atoms with van der Waals surface area (Å²) in [5.41, 5.74) is 0. The van der Waals surface area contributed by atoms with Gasteiger partial charge in [0.05, 0.1) is 6.54 Å². The predicted octanol–water partition coefficient (Wildman–Crippen LogP) is 0.159. The van der Waals surface area contributed by atoms with Crippen molar-refractivity contribution in [2.75, 3.05) is 19.7 Å². The maximum absolute atomic E-state index is 5.44. The fourth-order valence-electron chi connectivity index (χ4n) is 1.34. The van der Waals surface area contributed by atoms with Gasteiger partial charge in [-0.15, -0.1) is 0 Å². The molecule has 2 rings (SSSR count). The fraction of sp³-hybridized carbons (Fsp3) is 0.714. The minimum atomic E-state index is 0.820. The molecule has 3 nitrogen and oxygen atoms in total. The molecule has 0 aliphatic carbocycles. The summed E-state index contributed by atoms with van der Waals surface area (Å²) < 4.78 is 5.44. The van der Waals surface area contributed by atoms with Gasteiger partial charge in [-0.05, 0) is 6.42 Å². The van der Waals surface area contributed by atoms with Gasteiger partial charge in [0.2, 0.25) is 0 Å². The topological polar surface area (TPSA) is 33.3 Å². The molecule has 0 saturated heterocycles. The van der Waals surface area contributed by atoms with Crippen LogP contribution in [-0.4, -0.2) is 19.7 Å². The lowest BCUT2D eigenvalue weighted by atomic mass is 10.2. The highest BCUT2D eigenvalue weighted by Gasteiger charge is 2.15. The van der Waals surface area contributed by atoms with E-state index >= 15 is 0 Å². The van der Waals surface area contributed by atoms with Crippen LogP contribution in [0.5, 0.6) is 0 Å². The van der Waals surface area contributed by atoms with Crippen molar-refractivity contribution in [1.29, 1.82) is 0 Å². The molecule has 10 heavy (non-hydrogen) atoms. The number of allylic oxidation sites excluding steroid dienone is 1. The highest BCUT2D eigenvalue weighted by molar-refractivity contribution is 5.09. The van der Waals surface area contributed by atoms with Crippen molar-refractivity contribution >= 4 is 0 Å². The van der Waals surface area contributed by atoms with Gasteiger partial charge < -0.3 is 15.4 Å². The lowest BCUT2D eigenvalue weighted by Crippen LogP contribution is -2.38. The molecule has 2 aliphatic heterocycles. The molecule has 56 valence electrons. The predicted molar refractivity (Wildman–Crippen MR) is 38.2 cm³/mol. The first-order chi connectivity index (χ1) is 4.97. The molecule has 0 radical (unpaired) electrons. The van der Waals surface area contributed by atoms with Gasteiger partial charge in [0.1, 0.15) is 18.2 Å². The third-order valence-corrected chi connectivity index (χ3v) is 1.84. The molecule has 2 N–H and O–H groups in total. The van der Waals surface area contributed by atoms with E-state index in [1.165, 1.54) is 6.42 Å². The van der Waals surface area contributed by atoms with Gasteiger partial charge in [0.15, 0.2) is 0 Å². The quantitative estimate of drug-likeness (QED) is 0.503. The van der Waals surface area contributed by atoms with Crippen LogP contribution in [0.2, 0.25) is 0 Å². The van der Waals surface area contributed by atoms with Crippen LogP contribution in [0, 0.1) is 0 Å². The van der Waals surface area contributed by atoms with Crippen LogP contribution in [0.3, 0.4) is 0 Å². The summed E-state index contributed by atoms with van der Waals surface area (Å²) in [4.78, 5) is 0. The van der Waals surface area contributed by atoms with Crippen LogP contribution >= 0.6 is 0 Å². The Bertz CT molecular complexity index is 131. The van der Waals surface area contributed by atoms with Crippen molar-refractivity contribution in [1.82, 2.24) is 10.6 Å². The molecule has 0 amide bonds. The smallest absolute Gasteiger partial charge is 0.138 e. The van der Waals surface area contributed by atoms with Crippen molar-refractivity contribution in [3.8, 4) is 0 Å². The van der Waals surface area contributed by atoms with Gasteiger partial charge in [-0.25, -0.2) is 0 Å². The van der Waals surface area contributed by atoms with Crippen LogP contribution in [0.15, 0.2) is 11.6 Å². The maximum atomic E-state index is 5.44. The van der Waals surface area contributed by atoms with Gasteiger partial charge >= 0.3 is 0 Å². The minimum Gasteiger partial charge on any atom is -0.492 e. The molecule has 0 bridgehead atoms. The summed E-state index contributed by atoms with van der Waals surface area (Å²) in [6, 6.07) is 0.